The average molecular weight is 337 g/mol. The zero-order valence-electron chi connectivity index (χ0n) is 13.4. The van der Waals surface area contributed by atoms with Crippen LogP contribution in [0.5, 0.6) is 5.75 Å². The van der Waals surface area contributed by atoms with E-state index in [1.54, 1.807) is 42.5 Å². The van der Waals surface area contributed by atoms with E-state index < -0.39 is 28.9 Å². The number of anilines is 1. The molecule has 6 nitrogen and oxygen atoms in total. The van der Waals surface area contributed by atoms with Crippen molar-refractivity contribution in [2.75, 3.05) is 11.5 Å². The molecule has 2 aromatic carbocycles. The Balaban J connectivity index is 2.00. The van der Waals surface area contributed by atoms with E-state index in [2.05, 4.69) is 0 Å². The predicted molar refractivity (Wildman–Crippen MR) is 91.1 cm³/mol. The second-order valence-corrected chi connectivity index (χ2v) is 5.29. The fourth-order valence-electron chi connectivity index (χ4n) is 2.55. The average Bonchev–Trinajstić information content (AvgIpc) is 2.85. The Bertz CT molecular complexity index is 868. The number of carbonyl (C=O) groups excluding carboxylic acids is 3. The summed E-state index contributed by atoms with van der Waals surface area (Å²) in [6.07, 6.45) is 0. The Hall–Kier alpha value is -3.41. The van der Waals surface area contributed by atoms with E-state index in [1.807, 2.05) is 6.92 Å². The van der Waals surface area contributed by atoms with Gasteiger partial charge in [0.05, 0.1) is 12.3 Å². The van der Waals surface area contributed by atoms with Gasteiger partial charge in [0.2, 0.25) is 0 Å². The number of amides is 2. The number of rotatable bonds is 4. The first-order valence-corrected chi connectivity index (χ1v) is 7.69. The maximum absolute atomic E-state index is 12.6. The molecule has 0 aromatic heterocycles. The van der Waals surface area contributed by atoms with Crippen LogP contribution < -0.4 is 9.64 Å². The summed E-state index contributed by atoms with van der Waals surface area (Å²) >= 11 is 0. The first-order valence-electron chi connectivity index (χ1n) is 7.69. The first kappa shape index (κ1) is 16.4. The highest BCUT2D eigenvalue weighted by molar-refractivity contribution is 6.64. The highest BCUT2D eigenvalue weighted by Gasteiger charge is 2.45. The molecule has 2 aromatic rings. The molecule has 1 heterocycles. The lowest BCUT2D eigenvalue weighted by atomic mass is 10.1. The van der Waals surface area contributed by atoms with E-state index in [4.69, 9.17) is 4.74 Å². The van der Waals surface area contributed by atoms with Crippen LogP contribution in [0.1, 0.15) is 12.5 Å². The molecule has 1 saturated heterocycles. The minimum atomic E-state index is -1.03. The van der Waals surface area contributed by atoms with Crippen LogP contribution in [0.2, 0.25) is 0 Å². The van der Waals surface area contributed by atoms with Gasteiger partial charge in [-0.25, -0.2) is 4.90 Å². The Morgan fingerprint density at radius 2 is 1.60 bits per heavy atom. The number of Topliss-reactive ketones (excluding diaryl/α,β-unsaturated/α-hetero) is 1. The first-order chi connectivity index (χ1) is 12.0. The number of ether oxygens (including phenoxy) is 1. The van der Waals surface area contributed by atoms with Crippen molar-refractivity contribution >= 4 is 29.0 Å². The van der Waals surface area contributed by atoms with Crippen molar-refractivity contribution in [3.63, 3.8) is 0 Å². The predicted octanol–water partition coefficient (Wildman–Crippen LogP) is 2.50. The summed E-state index contributed by atoms with van der Waals surface area (Å²) in [5.41, 5.74) is 0.00768. The van der Waals surface area contributed by atoms with Gasteiger partial charge in [0.15, 0.2) is 0 Å². The van der Waals surface area contributed by atoms with E-state index in [-0.39, 0.29) is 5.69 Å². The molecule has 0 radical (unpaired) electrons. The molecule has 1 aliphatic heterocycles. The van der Waals surface area contributed by atoms with Gasteiger partial charge in [-0.15, -0.1) is 0 Å². The summed E-state index contributed by atoms with van der Waals surface area (Å²) in [7, 11) is 0. The Labute approximate surface area is 143 Å². The number of carbonyl (C=O) groups is 3. The van der Waals surface area contributed by atoms with Gasteiger partial charge in [-0.05, 0) is 31.2 Å². The molecular formula is C19H15NO5. The van der Waals surface area contributed by atoms with Crippen molar-refractivity contribution in [2.24, 2.45) is 0 Å². The molecular weight excluding hydrogens is 322 g/mol. The van der Waals surface area contributed by atoms with E-state index in [0.29, 0.717) is 17.9 Å². The Morgan fingerprint density at radius 1 is 0.960 bits per heavy atom. The fourth-order valence-corrected chi connectivity index (χ4v) is 2.55. The Kier molecular flexibility index (Phi) is 4.35. The minimum Gasteiger partial charge on any atom is -0.506 e. The number of hydrogen-bond donors (Lipinski definition) is 1. The summed E-state index contributed by atoms with van der Waals surface area (Å²) in [6, 6.07) is 14.4. The van der Waals surface area contributed by atoms with Crippen LogP contribution in [0.15, 0.2) is 60.2 Å². The minimum absolute atomic E-state index is 0.239. The quantitative estimate of drug-likeness (QED) is 0.305. The van der Waals surface area contributed by atoms with Crippen LogP contribution in [0, 0.1) is 0 Å². The van der Waals surface area contributed by atoms with Crippen molar-refractivity contribution in [2.45, 2.75) is 6.92 Å². The molecule has 1 N–H and O–H groups in total. The van der Waals surface area contributed by atoms with Gasteiger partial charge in [-0.3, -0.25) is 14.4 Å². The van der Waals surface area contributed by atoms with E-state index in [9.17, 15) is 19.5 Å². The lowest BCUT2D eigenvalue weighted by Crippen LogP contribution is -2.30. The van der Waals surface area contributed by atoms with Gasteiger partial charge in [0.1, 0.15) is 17.1 Å². The summed E-state index contributed by atoms with van der Waals surface area (Å²) in [6.45, 7) is 2.32. The monoisotopic (exact) mass is 337 g/mol. The van der Waals surface area contributed by atoms with Crippen molar-refractivity contribution in [1.29, 1.82) is 0 Å². The van der Waals surface area contributed by atoms with Crippen LogP contribution in [0.3, 0.4) is 0 Å². The molecule has 0 saturated carbocycles. The van der Waals surface area contributed by atoms with Crippen molar-refractivity contribution < 1.29 is 24.2 Å². The molecule has 3 rings (SSSR count). The second-order valence-electron chi connectivity index (χ2n) is 5.29. The molecule has 0 aliphatic carbocycles. The molecule has 2 amide bonds. The highest BCUT2D eigenvalue weighted by atomic mass is 16.5. The number of aliphatic hydroxyl groups excluding tert-OH is 1. The maximum Gasteiger partial charge on any atom is 0.306 e. The molecule has 0 unspecified atom stereocenters. The highest BCUT2D eigenvalue weighted by Crippen LogP contribution is 2.29. The summed E-state index contributed by atoms with van der Waals surface area (Å²) in [4.78, 5) is 37.8. The normalized spacial score (nSPS) is 16.4. The Morgan fingerprint density at radius 3 is 2.20 bits per heavy atom. The zero-order chi connectivity index (χ0) is 18.0. The third-order valence-electron chi connectivity index (χ3n) is 3.73. The van der Waals surface area contributed by atoms with Crippen LogP contribution >= 0.6 is 0 Å². The van der Waals surface area contributed by atoms with E-state index >= 15 is 0 Å². The van der Waals surface area contributed by atoms with Crippen LogP contribution in [0.4, 0.5) is 5.69 Å². The molecule has 0 bridgehead atoms. The van der Waals surface area contributed by atoms with Gasteiger partial charge < -0.3 is 9.84 Å². The van der Waals surface area contributed by atoms with Crippen molar-refractivity contribution in [1.82, 2.24) is 0 Å². The molecule has 1 fully saturated rings. The number of nitrogens with zero attached hydrogens (tertiary/aromatic N) is 1. The lowest BCUT2D eigenvalue weighted by molar-refractivity contribution is -0.132. The SMILES string of the molecule is CCOc1ccc(N2C(=O)C(=O)/C(=C(/O)c3ccccc3)C2=O)cc1. The fraction of sp³-hybridized carbons (Fsp3) is 0.105. The molecule has 6 heteroatoms. The topological polar surface area (TPSA) is 83.9 Å². The third kappa shape index (κ3) is 2.89. The van der Waals surface area contributed by atoms with Gasteiger partial charge in [0, 0.05) is 5.56 Å². The summed E-state index contributed by atoms with van der Waals surface area (Å²) < 4.78 is 5.31. The maximum atomic E-state index is 12.6. The van der Waals surface area contributed by atoms with Crippen LogP contribution in [0.25, 0.3) is 5.76 Å². The standard InChI is InChI=1S/C19H15NO5/c1-2-25-14-10-8-13(9-11-14)20-18(23)15(17(22)19(20)24)16(21)12-6-4-3-5-7-12/h3-11,21H,2H2,1H3/b16-15-. The van der Waals surface area contributed by atoms with Gasteiger partial charge in [-0.1, -0.05) is 30.3 Å². The smallest absolute Gasteiger partial charge is 0.306 e. The van der Waals surface area contributed by atoms with Gasteiger partial charge in [0.25, 0.3) is 11.7 Å². The number of benzene rings is 2. The molecule has 126 valence electrons. The van der Waals surface area contributed by atoms with Crippen molar-refractivity contribution in [3.05, 3.63) is 65.7 Å². The van der Waals surface area contributed by atoms with E-state index in [0.717, 1.165) is 4.90 Å². The summed E-state index contributed by atoms with van der Waals surface area (Å²) in [5, 5.41) is 10.3. The summed E-state index contributed by atoms with van der Waals surface area (Å²) in [5.74, 6) is -2.79. The number of ketones is 1. The van der Waals surface area contributed by atoms with Crippen LogP contribution in [-0.2, 0) is 14.4 Å². The van der Waals surface area contributed by atoms with E-state index in [1.165, 1.54) is 12.1 Å². The third-order valence-corrected chi connectivity index (χ3v) is 3.73. The number of aliphatic hydroxyl groups is 1. The van der Waals surface area contributed by atoms with Gasteiger partial charge in [-0.2, -0.15) is 0 Å². The largest absolute Gasteiger partial charge is 0.506 e. The van der Waals surface area contributed by atoms with Gasteiger partial charge >= 0.3 is 5.91 Å². The lowest BCUT2D eigenvalue weighted by Gasteiger charge is -2.13. The van der Waals surface area contributed by atoms with Crippen LogP contribution in [-0.4, -0.2) is 29.3 Å². The molecule has 0 spiro atoms. The number of imide groups is 1. The second kappa shape index (κ2) is 6.60. The number of hydrogen-bond acceptors (Lipinski definition) is 5. The molecule has 25 heavy (non-hydrogen) atoms. The molecule has 1 aliphatic rings. The molecule has 0 atom stereocenters. The zero-order valence-corrected chi connectivity index (χ0v) is 13.4. The van der Waals surface area contributed by atoms with Crippen molar-refractivity contribution in [3.8, 4) is 5.75 Å².